The summed E-state index contributed by atoms with van der Waals surface area (Å²) in [6.07, 6.45) is 2.01. The van der Waals surface area contributed by atoms with E-state index in [0.717, 1.165) is 16.8 Å². The monoisotopic (exact) mass is 400 g/mol. The number of hydrogen-bond donors (Lipinski definition) is 1. The van der Waals surface area contributed by atoms with Crippen LogP contribution in [0.5, 0.6) is 0 Å². The van der Waals surface area contributed by atoms with Crippen LogP contribution in [0, 0.1) is 0 Å². The fourth-order valence-electron chi connectivity index (χ4n) is 2.87. The normalized spacial score (nSPS) is 15.5. The van der Waals surface area contributed by atoms with E-state index in [0.29, 0.717) is 16.0 Å². The Kier molecular flexibility index (Phi) is 4.59. The number of hydrogen-bond acceptors (Lipinski definition) is 5. The second-order valence-electron chi connectivity index (χ2n) is 5.90. The Morgan fingerprint density at radius 3 is 2.33 bits per heavy atom. The molecule has 1 atom stereocenters. The van der Waals surface area contributed by atoms with Crippen molar-refractivity contribution in [2.45, 2.75) is 6.04 Å². The molecule has 2 heterocycles. The third-order valence-electron chi connectivity index (χ3n) is 4.20. The van der Waals surface area contributed by atoms with E-state index in [1.807, 2.05) is 54.6 Å². The fourth-order valence-corrected chi connectivity index (χ4v) is 3.12. The minimum atomic E-state index is -0.596. The van der Waals surface area contributed by atoms with Gasteiger partial charge in [-0.2, -0.15) is 4.98 Å². The van der Waals surface area contributed by atoms with Gasteiger partial charge in [0.2, 0.25) is 5.95 Å². The van der Waals surface area contributed by atoms with Crippen molar-refractivity contribution in [1.29, 1.82) is 0 Å². The second kappa shape index (κ2) is 7.06. The Bertz CT molecular complexity index is 1030. The van der Waals surface area contributed by atoms with E-state index in [4.69, 9.17) is 27.9 Å². The SMILES string of the molecule is COC(=O)c1nc2n(n1)[C@H](c1ccc(Cl)cc1)C=C(c1ccc(Cl)cc1)N2. The molecule has 136 valence electrons. The number of benzene rings is 2. The van der Waals surface area contributed by atoms with Crippen molar-refractivity contribution in [1.82, 2.24) is 14.8 Å². The zero-order valence-electron chi connectivity index (χ0n) is 14.2. The number of carbonyl (C=O) groups excluding carboxylic acids is 1. The first kappa shape index (κ1) is 17.6. The molecule has 0 saturated carbocycles. The van der Waals surface area contributed by atoms with Crippen molar-refractivity contribution < 1.29 is 9.53 Å². The lowest BCUT2D eigenvalue weighted by Gasteiger charge is -2.24. The number of nitrogens with zero attached hydrogens (tertiary/aromatic N) is 3. The number of methoxy groups -OCH3 is 1. The first-order valence-corrected chi connectivity index (χ1v) is 8.86. The summed E-state index contributed by atoms with van der Waals surface area (Å²) in [6.45, 7) is 0. The molecule has 0 radical (unpaired) electrons. The molecule has 0 unspecified atom stereocenters. The quantitative estimate of drug-likeness (QED) is 0.658. The zero-order valence-corrected chi connectivity index (χ0v) is 15.7. The lowest BCUT2D eigenvalue weighted by atomic mass is 10.0. The summed E-state index contributed by atoms with van der Waals surface area (Å²) >= 11 is 12.0. The van der Waals surface area contributed by atoms with Crippen LogP contribution in [0.15, 0.2) is 54.6 Å². The molecule has 1 aliphatic rings. The van der Waals surface area contributed by atoms with Gasteiger partial charge in [-0.3, -0.25) is 0 Å². The molecule has 27 heavy (non-hydrogen) atoms. The highest BCUT2D eigenvalue weighted by atomic mass is 35.5. The number of esters is 1. The number of carbonyl (C=O) groups is 1. The number of nitrogens with one attached hydrogen (secondary N) is 1. The molecular weight excluding hydrogens is 387 g/mol. The Balaban J connectivity index is 1.82. The van der Waals surface area contributed by atoms with E-state index in [9.17, 15) is 4.79 Å². The molecule has 0 amide bonds. The largest absolute Gasteiger partial charge is 0.463 e. The Hall–Kier alpha value is -2.83. The average molecular weight is 401 g/mol. The van der Waals surface area contributed by atoms with Gasteiger partial charge in [0, 0.05) is 15.7 Å². The van der Waals surface area contributed by atoms with E-state index in [1.165, 1.54) is 7.11 Å². The molecule has 0 spiro atoms. The third-order valence-corrected chi connectivity index (χ3v) is 4.70. The molecule has 1 aliphatic heterocycles. The number of aromatic nitrogens is 3. The van der Waals surface area contributed by atoms with Crippen molar-refractivity contribution in [3.05, 3.63) is 81.6 Å². The van der Waals surface area contributed by atoms with E-state index >= 15 is 0 Å². The van der Waals surface area contributed by atoms with Gasteiger partial charge in [-0.15, -0.1) is 5.10 Å². The van der Waals surface area contributed by atoms with Gasteiger partial charge in [0.05, 0.1) is 7.11 Å². The highest BCUT2D eigenvalue weighted by molar-refractivity contribution is 6.30. The first-order valence-electron chi connectivity index (χ1n) is 8.10. The van der Waals surface area contributed by atoms with Gasteiger partial charge in [0.25, 0.3) is 5.82 Å². The Morgan fingerprint density at radius 2 is 1.70 bits per heavy atom. The maximum atomic E-state index is 11.9. The average Bonchev–Trinajstić information content (AvgIpc) is 3.12. The van der Waals surface area contributed by atoms with Crippen LogP contribution >= 0.6 is 23.2 Å². The number of ether oxygens (including phenoxy) is 1. The summed E-state index contributed by atoms with van der Waals surface area (Å²) in [6, 6.07) is 14.6. The van der Waals surface area contributed by atoms with Crippen molar-refractivity contribution in [3.63, 3.8) is 0 Å². The van der Waals surface area contributed by atoms with Crippen molar-refractivity contribution in [2.75, 3.05) is 12.4 Å². The molecule has 6 nitrogen and oxygen atoms in total. The van der Waals surface area contributed by atoms with Crippen molar-refractivity contribution in [3.8, 4) is 0 Å². The lowest BCUT2D eigenvalue weighted by molar-refractivity contribution is 0.0586. The highest BCUT2D eigenvalue weighted by Crippen LogP contribution is 2.33. The minimum absolute atomic E-state index is 0.00952. The van der Waals surface area contributed by atoms with E-state index in [2.05, 4.69) is 15.4 Å². The van der Waals surface area contributed by atoms with Gasteiger partial charge in [0.1, 0.15) is 6.04 Å². The van der Waals surface area contributed by atoms with Gasteiger partial charge in [-0.1, -0.05) is 47.5 Å². The fraction of sp³-hybridized carbons (Fsp3) is 0.105. The summed E-state index contributed by atoms with van der Waals surface area (Å²) in [5.74, 6) is -0.158. The van der Waals surface area contributed by atoms with E-state index in [-0.39, 0.29) is 11.9 Å². The zero-order chi connectivity index (χ0) is 19.0. The molecule has 2 aromatic carbocycles. The van der Waals surface area contributed by atoms with Crippen LogP contribution in [-0.2, 0) is 4.74 Å². The molecule has 1 aromatic heterocycles. The topological polar surface area (TPSA) is 69.0 Å². The highest BCUT2D eigenvalue weighted by Gasteiger charge is 2.27. The van der Waals surface area contributed by atoms with Crippen LogP contribution in [0.3, 0.4) is 0 Å². The summed E-state index contributed by atoms with van der Waals surface area (Å²) in [4.78, 5) is 16.2. The minimum Gasteiger partial charge on any atom is -0.463 e. The van der Waals surface area contributed by atoms with Gasteiger partial charge >= 0.3 is 5.97 Å². The molecule has 3 aromatic rings. The van der Waals surface area contributed by atoms with Crippen molar-refractivity contribution >= 4 is 40.8 Å². The van der Waals surface area contributed by atoms with Crippen molar-refractivity contribution in [2.24, 2.45) is 0 Å². The van der Waals surface area contributed by atoms with Crippen LogP contribution in [0.1, 0.15) is 27.8 Å². The number of rotatable bonds is 3. The van der Waals surface area contributed by atoms with Crippen LogP contribution < -0.4 is 5.32 Å². The van der Waals surface area contributed by atoms with Crippen LogP contribution in [-0.4, -0.2) is 27.8 Å². The van der Waals surface area contributed by atoms with E-state index in [1.54, 1.807) is 4.68 Å². The summed E-state index contributed by atoms with van der Waals surface area (Å²) in [7, 11) is 1.30. The lowest BCUT2D eigenvalue weighted by Crippen LogP contribution is -2.20. The standard InChI is InChI=1S/C19H14Cl2N4O2/c1-27-18(26)17-23-19-22-15(11-2-6-13(20)7-3-11)10-16(25(19)24-17)12-4-8-14(21)9-5-12/h2-10,16H,1H3,(H,22,23,24)/t16-/m0/s1. The van der Waals surface area contributed by atoms with E-state index < -0.39 is 5.97 Å². The van der Waals surface area contributed by atoms with Crippen LogP contribution in [0.4, 0.5) is 5.95 Å². The van der Waals surface area contributed by atoms with Gasteiger partial charge in [-0.05, 0) is 41.5 Å². The van der Waals surface area contributed by atoms with Gasteiger partial charge in [0.15, 0.2) is 0 Å². The molecule has 0 aliphatic carbocycles. The first-order chi connectivity index (χ1) is 13.0. The maximum Gasteiger partial charge on any atom is 0.378 e. The maximum absolute atomic E-state index is 11.9. The van der Waals surface area contributed by atoms with Crippen LogP contribution in [0.25, 0.3) is 5.70 Å². The van der Waals surface area contributed by atoms with Gasteiger partial charge < -0.3 is 10.1 Å². The number of halogens is 2. The smallest absolute Gasteiger partial charge is 0.378 e. The van der Waals surface area contributed by atoms with Crippen LogP contribution in [0.2, 0.25) is 10.0 Å². The third kappa shape index (κ3) is 3.41. The molecule has 1 N–H and O–H groups in total. The number of anilines is 1. The molecular formula is C19H14Cl2N4O2. The molecule has 4 rings (SSSR count). The molecule has 0 bridgehead atoms. The summed E-state index contributed by atoms with van der Waals surface area (Å²) in [5.41, 5.74) is 2.73. The predicted octanol–water partition coefficient (Wildman–Crippen LogP) is 4.43. The Morgan fingerprint density at radius 1 is 1.07 bits per heavy atom. The number of allylic oxidation sites excluding steroid dienone is 1. The summed E-state index contributed by atoms with van der Waals surface area (Å²) < 4.78 is 6.39. The summed E-state index contributed by atoms with van der Waals surface area (Å²) in [5, 5.41) is 8.83. The molecule has 0 fully saturated rings. The van der Waals surface area contributed by atoms with Gasteiger partial charge in [-0.25, -0.2) is 9.48 Å². The number of fused-ring (bicyclic) bond motifs is 1. The second-order valence-corrected chi connectivity index (χ2v) is 6.78. The molecule has 8 heteroatoms. The molecule has 0 saturated heterocycles. The Labute approximate surface area is 165 Å². The predicted molar refractivity (Wildman–Crippen MR) is 104 cm³/mol.